The van der Waals surface area contributed by atoms with E-state index in [0.717, 1.165) is 27.9 Å². The largest absolute Gasteiger partial charge is 0.423 e. The van der Waals surface area contributed by atoms with Crippen molar-refractivity contribution in [3.63, 3.8) is 0 Å². The maximum atomic E-state index is 12.2. The molecule has 0 spiro atoms. The molecule has 29 heavy (non-hydrogen) atoms. The predicted molar refractivity (Wildman–Crippen MR) is 116 cm³/mol. The molecular weight excluding hydrogens is 384 g/mol. The predicted octanol–water partition coefficient (Wildman–Crippen LogP) is 6.17. The molecule has 0 aliphatic carbocycles. The van der Waals surface area contributed by atoms with E-state index in [1.54, 1.807) is 18.2 Å². The van der Waals surface area contributed by atoms with Gasteiger partial charge in [-0.15, -0.1) is 0 Å². The lowest BCUT2D eigenvalue weighted by Gasteiger charge is -2.03. The number of aromatic nitrogens is 2. The Morgan fingerprint density at radius 3 is 2.24 bits per heavy atom. The fraction of sp³-hybridized carbons (Fsp3) is 0. The summed E-state index contributed by atoms with van der Waals surface area (Å²) in [5.74, 6) is 0.586. The van der Waals surface area contributed by atoms with E-state index in [1.807, 2.05) is 60.7 Å². The van der Waals surface area contributed by atoms with Crippen LogP contribution in [0, 0.1) is 0 Å². The summed E-state index contributed by atoms with van der Waals surface area (Å²) in [4.78, 5) is 20.4. The van der Waals surface area contributed by atoms with Crippen LogP contribution in [0.15, 0.2) is 94.1 Å². The number of nitrogens with one attached hydrogen (secondary N) is 1. The fourth-order valence-electron chi connectivity index (χ4n) is 3.45. The van der Waals surface area contributed by atoms with E-state index < -0.39 is 5.63 Å². The molecule has 0 aliphatic rings. The van der Waals surface area contributed by atoms with E-state index in [0.29, 0.717) is 22.0 Å². The molecule has 3 aromatic carbocycles. The summed E-state index contributed by atoms with van der Waals surface area (Å²) in [6.45, 7) is 0. The number of benzene rings is 3. The number of H-pyrrole nitrogens is 1. The highest BCUT2D eigenvalue weighted by Crippen LogP contribution is 2.35. The van der Waals surface area contributed by atoms with E-state index in [1.165, 1.54) is 6.07 Å². The van der Waals surface area contributed by atoms with Crippen LogP contribution in [0.25, 0.3) is 44.9 Å². The van der Waals surface area contributed by atoms with Crippen LogP contribution >= 0.6 is 11.6 Å². The number of imidazole rings is 1. The van der Waals surface area contributed by atoms with Gasteiger partial charge >= 0.3 is 5.63 Å². The van der Waals surface area contributed by atoms with Gasteiger partial charge in [0.05, 0.1) is 11.4 Å². The lowest BCUT2D eigenvalue weighted by atomic mass is 10.1. The Morgan fingerprint density at radius 2 is 1.52 bits per heavy atom. The number of rotatable bonds is 3. The minimum atomic E-state index is -0.436. The Kier molecular flexibility index (Phi) is 4.26. The third-order valence-corrected chi connectivity index (χ3v) is 5.01. The standard InChI is InChI=1S/C24H15ClN2O2/c25-17-11-12-20-18(13-17)19(14-21(28)29-20)24-26-22(15-7-3-1-4-8-15)23(27-24)16-9-5-2-6-10-16/h1-14H,(H,26,27). The Labute approximate surface area is 171 Å². The van der Waals surface area contributed by atoms with Crippen molar-refractivity contribution >= 4 is 22.6 Å². The number of aromatic amines is 1. The van der Waals surface area contributed by atoms with E-state index >= 15 is 0 Å². The van der Waals surface area contributed by atoms with Crippen LogP contribution in [0.2, 0.25) is 5.02 Å². The van der Waals surface area contributed by atoms with E-state index in [4.69, 9.17) is 21.0 Å². The molecule has 5 rings (SSSR count). The Bertz CT molecular complexity index is 1320. The van der Waals surface area contributed by atoms with E-state index in [9.17, 15) is 4.79 Å². The summed E-state index contributed by atoms with van der Waals surface area (Å²) in [6, 6.07) is 26.6. The molecular formula is C24H15ClN2O2. The monoisotopic (exact) mass is 398 g/mol. The molecule has 0 unspecified atom stereocenters. The van der Waals surface area contributed by atoms with Crippen molar-refractivity contribution in [1.29, 1.82) is 0 Å². The van der Waals surface area contributed by atoms with E-state index in [2.05, 4.69) is 4.98 Å². The van der Waals surface area contributed by atoms with Crippen LogP contribution < -0.4 is 5.63 Å². The van der Waals surface area contributed by atoms with Gasteiger partial charge in [-0.3, -0.25) is 0 Å². The number of fused-ring (bicyclic) bond motifs is 1. The molecule has 0 radical (unpaired) electrons. The van der Waals surface area contributed by atoms with Crippen molar-refractivity contribution in [2.24, 2.45) is 0 Å². The van der Waals surface area contributed by atoms with Crippen LogP contribution in [0.4, 0.5) is 0 Å². The van der Waals surface area contributed by atoms with Gasteiger partial charge in [0.2, 0.25) is 0 Å². The third kappa shape index (κ3) is 3.24. The number of hydrogen-bond acceptors (Lipinski definition) is 3. The second-order valence-corrected chi connectivity index (χ2v) is 7.10. The van der Waals surface area contributed by atoms with Gasteiger partial charge in [0.15, 0.2) is 0 Å². The number of nitrogens with zero attached hydrogens (tertiary/aromatic N) is 1. The summed E-state index contributed by atoms with van der Waals surface area (Å²) < 4.78 is 5.33. The van der Waals surface area contributed by atoms with Gasteiger partial charge in [-0.1, -0.05) is 72.3 Å². The van der Waals surface area contributed by atoms with Gasteiger partial charge in [0.25, 0.3) is 0 Å². The zero-order valence-electron chi connectivity index (χ0n) is 15.2. The van der Waals surface area contributed by atoms with Crippen molar-refractivity contribution in [1.82, 2.24) is 9.97 Å². The maximum absolute atomic E-state index is 12.2. The minimum absolute atomic E-state index is 0.436. The van der Waals surface area contributed by atoms with Gasteiger partial charge in [-0.25, -0.2) is 9.78 Å². The summed E-state index contributed by atoms with van der Waals surface area (Å²) >= 11 is 6.20. The molecule has 1 N–H and O–H groups in total. The molecule has 0 aliphatic heterocycles. The van der Waals surface area contributed by atoms with Gasteiger partial charge in [-0.2, -0.15) is 0 Å². The second-order valence-electron chi connectivity index (χ2n) is 6.66. The topological polar surface area (TPSA) is 58.9 Å². The van der Waals surface area contributed by atoms with Crippen molar-refractivity contribution in [3.8, 4) is 33.9 Å². The van der Waals surface area contributed by atoms with Crippen molar-refractivity contribution < 1.29 is 4.42 Å². The summed E-state index contributed by atoms with van der Waals surface area (Å²) in [5, 5.41) is 1.29. The molecule has 4 nitrogen and oxygen atoms in total. The van der Waals surface area contributed by atoms with Crippen LogP contribution in [0.5, 0.6) is 0 Å². The first-order chi connectivity index (χ1) is 14.2. The fourth-order valence-corrected chi connectivity index (χ4v) is 3.62. The highest BCUT2D eigenvalue weighted by Gasteiger charge is 2.18. The third-order valence-electron chi connectivity index (χ3n) is 4.77. The minimum Gasteiger partial charge on any atom is -0.423 e. The Balaban J connectivity index is 1.80. The maximum Gasteiger partial charge on any atom is 0.336 e. The van der Waals surface area contributed by atoms with Gasteiger partial charge in [0, 0.05) is 33.2 Å². The average Bonchev–Trinajstić information content (AvgIpc) is 3.20. The highest BCUT2D eigenvalue weighted by atomic mass is 35.5. The zero-order chi connectivity index (χ0) is 19.8. The molecule has 0 fully saturated rings. The second kappa shape index (κ2) is 7.08. The van der Waals surface area contributed by atoms with Crippen molar-refractivity contribution in [2.45, 2.75) is 0 Å². The molecule has 5 aromatic rings. The zero-order valence-corrected chi connectivity index (χ0v) is 16.0. The quantitative estimate of drug-likeness (QED) is 0.369. The van der Waals surface area contributed by atoms with Crippen LogP contribution in [0.3, 0.4) is 0 Å². The molecule has 0 saturated carbocycles. The van der Waals surface area contributed by atoms with Crippen molar-refractivity contribution in [2.75, 3.05) is 0 Å². The van der Waals surface area contributed by atoms with Gasteiger partial charge in [-0.05, 0) is 18.2 Å². The highest BCUT2D eigenvalue weighted by molar-refractivity contribution is 6.31. The number of hydrogen-bond donors (Lipinski definition) is 1. The molecule has 5 heteroatoms. The Morgan fingerprint density at radius 1 is 0.828 bits per heavy atom. The molecule has 140 valence electrons. The van der Waals surface area contributed by atoms with Gasteiger partial charge < -0.3 is 9.40 Å². The average molecular weight is 399 g/mol. The summed E-state index contributed by atoms with van der Waals surface area (Å²) in [5.41, 5.74) is 4.38. The van der Waals surface area contributed by atoms with Crippen LogP contribution in [0.1, 0.15) is 0 Å². The molecule has 0 amide bonds. The summed E-state index contributed by atoms with van der Waals surface area (Å²) in [6.07, 6.45) is 0. The van der Waals surface area contributed by atoms with Crippen molar-refractivity contribution in [3.05, 3.63) is 100 Å². The number of halogens is 1. The lowest BCUT2D eigenvalue weighted by molar-refractivity contribution is 0.561. The Hall–Kier alpha value is -3.63. The molecule has 2 heterocycles. The van der Waals surface area contributed by atoms with Crippen LogP contribution in [-0.2, 0) is 0 Å². The molecule has 2 aromatic heterocycles. The molecule has 0 bridgehead atoms. The SMILES string of the molecule is O=c1cc(-c2nc(-c3ccccc3)c(-c3ccccc3)[nH]2)c2cc(Cl)ccc2o1. The first kappa shape index (κ1) is 17.5. The molecule has 0 atom stereocenters. The van der Waals surface area contributed by atoms with Crippen LogP contribution in [-0.4, -0.2) is 9.97 Å². The first-order valence-corrected chi connectivity index (χ1v) is 9.51. The van der Waals surface area contributed by atoms with E-state index in [-0.39, 0.29) is 0 Å². The van der Waals surface area contributed by atoms with Gasteiger partial charge in [0.1, 0.15) is 11.4 Å². The lowest BCUT2D eigenvalue weighted by Crippen LogP contribution is -1.98. The molecule has 0 saturated heterocycles. The normalized spacial score (nSPS) is 11.1. The summed E-state index contributed by atoms with van der Waals surface area (Å²) in [7, 11) is 0. The first-order valence-electron chi connectivity index (χ1n) is 9.14. The smallest absolute Gasteiger partial charge is 0.336 e.